The van der Waals surface area contributed by atoms with Gasteiger partial charge in [-0.25, -0.2) is 4.79 Å². The largest absolute Gasteiger partial charge is 0.467 e. The predicted molar refractivity (Wildman–Crippen MR) is 82.8 cm³/mol. The Hall–Kier alpha value is -1.85. The van der Waals surface area contributed by atoms with Crippen molar-refractivity contribution in [3.63, 3.8) is 0 Å². The Morgan fingerprint density at radius 3 is 2.32 bits per heavy atom. The molecule has 0 spiro atoms. The molecule has 0 radical (unpaired) electrons. The van der Waals surface area contributed by atoms with E-state index >= 15 is 0 Å². The maximum absolute atomic E-state index is 12.4. The lowest BCUT2D eigenvalue weighted by atomic mass is 10.1. The first-order valence-electron chi connectivity index (χ1n) is 7.57. The summed E-state index contributed by atoms with van der Waals surface area (Å²) in [7, 11) is 1.30. The van der Waals surface area contributed by atoms with Gasteiger partial charge in [-0.3, -0.25) is 9.48 Å². The number of esters is 1. The molecule has 0 unspecified atom stereocenters. The van der Waals surface area contributed by atoms with Crippen molar-refractivity contribution in [3.8, 4) is 0 Å². The van der Waals surface area contributed by atoms with Crippen LogP contribution in [0.15, 0.2) is 6.07 Å². The van der Waals surface area contributed by atoms with Crippen LogP contribution in [0.2, 0.25) is 0 Å². The lowest BCUT2D eigenvalue weighted by molar-refractivity contribution is -0.146. The van der Waals surface area contributed by atoms with Crippen LogP contribution in [-0.4, -0.2) is 34.3 Å². The first-order chi connectivity index (χ1) is 10.1. The zero-order valence-corrected chi connectivity index (χ0v) is 14.2. The lowest BCUT2D eigenvalue weighted by Gasteiger charge is -2.23. The van der Waals surface area contributed by atoms with Gasteiger partial charge < -0.3 is 10.1 Å². The summed E-state index contributed by atoms with van der Waals surface area (Å²) in [6, 6.07) is 1.84. The number of amides is 1. The number of methoxy groups -OCH3 is 1. The summed E-state index contributed by atoms with van der Waals surface area (Å²) < 4.78 is 6.63. The Morgan fingerprint density at radius 2 is 1.86 bits per heavy atom. The number of carbonyl (C=O) groups is 2. The maximum atomic E-state index is 12.4. The fraction of sp³-hybridized carbons (Fsp3) is 0.688. The maximum Gasteiger partial charge on any atom is 0.330 e. The van der Waals surface area contributed by atoms with Crippen LogP contribution in [0, 0.1) is 0 Å². The molecule has 1 amide bonds. The molecule has 1 aliphatic carbocycles. The molecule has 0 atom stereocenters. The standard InChI is InChI=1S/C16H25N3O3/c1-15(2,3)19-12(10-7-8-10)9-11(18-19)13(20)17-16(4,5)14(21)22-6/h9-10H,7-8H2,1-6H3,(H,17,20). The number of nitrogens with one attached hydrogen (secondary N) is 1. The molecule has 1 heterocycles. The molecule has 1 N–H and O–H groups in total. The minimum absolute atomic E-state index is 0.186. The van der Waals surface area contributed by atoms with Crippen molar-refractivity contribution in [2.24, 2.45) is 0 Å². The topological polar surface area (TPSA) is 73.2 Å². The number of nitrogens with zero attached hydrogens (tertiary/aromatic N) is 2. The average molecular weight is 307 g/mol. The summed E-state index contributed by atoms with van der Waals surface area (Å²) >= 11 is 0. The molecular weight excluding hydrogens is 282 g/mol. The minimum Gasteiger partial charge on any atom is -0.467 e. The predicted octanol–water partition coefficient (Wildman–Crippen LogP) is 2.20. The van der Waals surface area contributed by atoms with E-state index in [4.69, 9.17) is 4.74 Å². The Balaban J connectivity index is 2.26. The summed E-state index contributed by atoms with van der Waals surface area (Å²) in [5.74, 6) is -0.360. The van der Waals surface area contributed by atoms with Crippen molar-refractivity contribution in [2.45, 2.75) is 64.5 Å². The van der Waals surface area contributed by atoms with Crippen molar-refractivity contribution in [1.82, 2.24) is 15.1 Å². The third-order valence-corrected chi connectivity index (χ3v) is 3.72. The van der Waals surface area contributed by atoms with Crippen molar-refractivity contribution >= 4 is 11.9 Å². The van der Waals surface area contributed by atoms with Gasteiger partial charge in [-0.15, -0.1) is 0 Å². The summed E-state index contributed by atoms with van der Waals surface area (Å²) in [6.07, 6.45) is 2.27. The van der Waals surface area contributed by atoms with Crippen LogP contribution in [0.3, 0.4) is 0 Å². The van der Waals surface area contributed by atoms with Crippen LogP contribution in [0.4, 0.5) is 0 Å². The highest BCUT2D eigenvalue weighted by Gasteiger charge is 2.35. The molecule has 0 aromatic carbocycles. The van der Waals surface area contributed by atoms with Gasteiger partial charge in [0.05, 0.1) is 12.6 Å². The summed E-state index contributed by atoms with van der Waals surface area (Å²) in [5.41, 5.74) is 0.160. The fourth-order valence-corrected chi connectivity index (χ4v) is 2.37. The Morgan fingerprint density at radius 1 is 1.27 bits per heavy atom. The minimum atomic E-state index is -1.09. The molecule has 1 aromatic heterocycles. The molecule has 122 valence electrons. The van der Waals surface area contributed by atoms with Gasteiger partial charge >= 0.3 is 5.97 Å². The molecule has 1 aromatic rings. The van der Waals surface area contributed by atoms with E-state index in [1.54, 1.807) is 13.8 Å². The van der Waals surface area contributed by atoms with Crippen molar-refractivity contribution in [1.29, 1.82) is 0 Å². The molecule has 6 heteroatoms. The van der Waals surface area contributed by atoms with Crippen LogP contribution in [0.5, 0.6) is 0 Å². The fourth-order valence-electron chi connectivity index (χ4n) is 2.37. The number of aromatic nitrogens is 2. The molecular formula is C16H25N3O3. The lowest BCUT2D eigenvalue weighted by Crippen LogP contribution is -2.50. The van der Waals surface area contributed by atoms with Crippen LogP contribution in [0.25, 0.3) is 0 Å². The van der Waals surface area contributed by atoms with Gasteiger partial charge in [-0.1, -0.05) is 0 Å². The Kier molecular flexibility index (Phi) is 4.06. The van der Waals surface area contributed by atoms with Crippen molar-refractivity contribution in [2.75, 3.05) is 7.11 Å². The normalized spacial score (nSPS) is 15.5. The third kappa shape index (κ3) is 3.31. The first-order valence-corrected chi connectivity index (χ1v) is 7.57. The van der Waals surface area contributed by atoms with Crippen LogP contribution >= 0.6 is 0 Å². The van der Waals surface area contributed by atoms with E-state index in [1.807, 2.05) is 10.7 Å². The molecule has 6 nitrogen and oxygen atoms in total. The Bertz CT molecular complexity index is 592. The van der Waals surface area contributed by atoms with E-state index in [9.17, 15) is 9.59 Å². The van der Waals surface area contributed by atoms with Gasteiger partial charge in [0.1, 0.15) is 5.54 Å². The van der Waals surface area contributed by atoms with Gasteiger partial charge in [0.15, 0.2) is 5.69 Å². The highest BCUT2D eigenvalue weighted by Crippen LogP contribution is 2.41. The summed E-state index contributed by atoms with van der Waals surface area (Å²) in [6.45, 7) is 9.41. The number of hydrogen-bond donors (Lipinski definition) is 1. The van der Waals surface area contributed by atoms with Gasteiger partial charge in [0.25, 0.3) is 5.91 Å². The number of hydrogen-bond acceptors (Lipinski definition) is 4. The summed E-state index contributed by atoms with van der Waals surface area (Å²) in [5, 5.41) is 7.15. The quantitative estimate of drug-likeness (QED) is 0.865. The highest BCUT2D eigenvalue weighted by atomic mass is 16.5. The second kappa shape index (κ2) is 5.41. The Labute approximate surface area is 131 Å². The molecule has 0 bridgehead atoms. The van der Waals surface area contributed by atoms with E-state index in [1.165, 1.54) is 7.11 Å². The molecule has 0 saturated heterocycles. The zero-order valence-electron chi connectivity index (χ0n) is 14.2. The molecule has 1 saturated carbocycles. The van der Waals surface area contributed by atoms with E-state index in [0.29, 0.717) is 11.6 Å². The van der Waals surface area contributed by atoms with Gasteiger partial charge in [-0.2, -0.15) is 5.10 Å². The van der Waals surface area contributed by atoms with Crippen LogP contribution in [-0.2, 0) is 15.1 Å². The highest BCUT2D eigenvalue weighted by molar-refractivity contribution is 5.96. The van der Waals surface area contributed by atoms with E-state index < -0.39 is 11.5 Å². The van der Waals surface area contributed by atoms with E-state index in [-0.39, 0.29) is 11.4 Å². The molecule has 2 rings (SSSR count). The van der Waals surface area contributed by atoms with Gasteiger partial charge in [-0.05, 0) is 53.5 Å². The molecule has 1 aliphatic rings. The van der Waals surface area contributed by atoms with E-state index in [0.717, 1.165) is 18.5 Å². The smallest absolute Gasteiger partial charge is 0.330 e. The van der Waals surface area contributed by atoms with Crippen molar-refractivity contribution in [3.05, 3.63) is 17.5 Å². The van der Waals surface area contributed by atoms with Gasteiger partial charge in [0, 0.05) is 11.6 Å². The molecule has 0 aliphatic heterocycles. The first kappa shape index (κ1) is 16.5. The second-order valence-corrected chi connectivity index (χ2v) is 7.38. The SMILES string of the molecule is COC(=O)C(C)(C)NC(=O)c1cc(C2CC2)n(C(C)(C)C)n1. The molecule has 22 heavy (non-hydrogen) atoms. The number of ether oxygens (including phenoxy) is 1. The van der Waals surface area contributed by atoms with Crippen molar-refractivity contribution < 1.29 is 14.3 Å². The molecule has 1 fully saturated rings. The summed E-state index contributed by atoms with van der Waals surface area (Å²) in [4.78, 5) is 24.1. The average Bonchev–Trinajstić information content (AvgIpc) is 3.13. The number of carbonyl (C=O) groups excluding carboxylic acids is 2. The third-order valence-electron chi connectivity index (χ3n) is 3.72. The van der Waals surface area contributed by atoms with Crippen LogP contribution < -0.4 is 5.32 Å². The second-order valence-electron chi connectivity index (χ2n) is 7.38. The zero-order chi connectivity index (χ0) is 16.7. The monoisotopic (exact) mass is 307 g/mol. The van der Waals surface area contributed by atoms with E-state index in [2.05, 4.69) is 31.2 Å². The van der Waals surface area contributed by atoms with Gasteiger partial charge in [0.2, 0.25) is 0 Å². The van der Waals surface area contributed by atoms with Crippen LogP contribution in [0.1, 0.15) is 69.6 Å². The number of rotatable bonds is 4.